The Labute approximate surface area is 141 Å². The Morgan fingerprint density at radius 2 is 1.75 bits per heavy atom. The highest BCUT2D eigenvalue weighted by atomic mass is 16.2. The summed E-state index contributed by atoms with van der Waals surface area (Å²) in [7, 11) is 0. The highest BCUT2D eigenvalue weighted by molar-refractivity contribution is 5.73. The molecule has 0 unspecified atom stereocenters. The van der Waals surface area contributed by atoms with Crippen LogP contribution in [0.25, 0.3) is 22.5 Å². The van der Waals surface area contributed by atoms with Gasteiger partial charge in [-0.15, -0.1) is 0 Å². The molecule has 122 valence electrons. The monoisotopic (exact) mass is 320 g/mol. The van der Waals surface area contributed by atoms with E-state index in [0.717, 1.165) is 28.1 Å². The maximum atomic E-state index is 11.4. The quantitative estimate of drug-likeness (QED) is 0.672. The second kappa shape index (κ2) is 7.46. The lowest BCUT2D eigenvalue weighted by atomic mass is 10.1. The molecule has 2 amide bonds. The molecule has 2 aromatic carbocycles. The first kappa shape index (κ1) is 15.8. The molecule has 0 aliphatic rings. The van der Waals surface area contributed by atoms with Gasteiger partial charge in [0.25, 0.3) is 0 Å². The van der Waals surface area contributed by atoms with Gasteiger partial charge in [-0.1, -0.05) is 54.6 Å². The van der Waals surface area contributed by atoms with Gasteiger partial charge in [0.15, 0.2) is 0 Å². The molecule has 0 saturated heterocycles. The fraction of sp³-hybridized carbons (Fsp3) is 0.158. The summed E-state index contributed by atoms with van der Waals surface area (Å²) in [6, 6.07) is 20.0. The fourth-order valence-corrected chi connectivity index (χ4v) is 2.43. The molecular weight excluding hydrogens is 300 g/mol. The Morgan fingerprint density at radius 3 is 2.46 bits per heavy atom. The van der Waals surface area contributed by atoms with E-state index >= 15 is 0 Å². The van der Waals surface area contributed by atoms with Crippen molar-refractivity contribution >= 4 is 6.03 Å². The van der Waals surface area contributed by atoms with Crippen LogP contribution >= 0.6 is 0 Å². The Balaban J connectivity index is 1.68. The van der Waals surface area contributed by atoms with E-state index in [9.17, 15) is 4.79 Å². The van der Waals surface area contributed by atoms with Gasteiger partial charge < -0.3 is 10.6 Å². The van der Waals surface area contributed by atoms with Crippen LogP contribution in [0.3, 0.4) is 0 Å². The summed E-state index contributed by atoms with van der Waals surface area (Å²) in [6.45, 7) is 3.02. The van der Waals surface area contributed by atoms with Gasteiger partial charge in [0.1, 0.15) is 0 Å². The standard InChI is InChI=1S/C19H20N4O/c1-2-20-19(24)21-13-14-8-10-16(11-9-14)18-12-17(22-23-18)15-6-4-3-5-7-15/h3-12H,2,13H2,1H3,(H,22,23)(H2,20,21,24). The SMILES string of the molecule is CCNC(=O)NCc1ccc(-c2cc(-c3ccccc3)n[nH]2)cc1. The van der Waals surface area contributed by atoms with Gasteiger partial charge in [-0.25, -0.2) is 4.79 Å². The van der Waals surface area contributed by atoms with Crippen molar-refractivity contribution in [2.75, 3.05) is 6.54 Å². The van der Waals surface area contributed by atoms with Crippen molar-refractivity contribution in [1.82, 2.24) is 20.8 Å². The lowest BCUT2D eigenvalue weighted by Crippen LogP contribution is -2.34. The summed E-state index contributed by atoms with van der Waals surface area (Å²) in [5.74, 6) is 0. The second-order valence-corrected chi connectivity index (χ2v) is 5.44. The van der Waals surface area contributed by atoms with Crippen molar-refractivity contribution in [1.29, 1.82) is 0 Å². The van der Waals surface area contributed by atoms with Crippen LogP contribution in [0.5, 0.6) is 0 Å². The number of carbonyl (C=O) groups is 1. The predicted octanol–water partition coefficient (Wildman–Crippen LogP) is 3.56. The minimum absolute atomic E-state index is 0.150. The topological polar surface area (TPSA) is 69.8 Å². The molecule has 0 atom stereocenters. The summed E-state index contributed by atoms with van der Waals surface area (Å²) >= 11 is 0. The predicted molar refractivity (Wildman–Crippen MR) is 95.4 cm³/mol. The molecule has 1 heterocycles. The van der Waals surface area contributed by atoms with E-state index in [2.05, 4.69) is 20.8 Å². The average molecular weight is 320 g/mol. The van der Waals surface area contributed by atoms with Gasteiger partial charge in [-0.3, -0.25) is 5.10 Å². The summed E-state index contributed by atoms with van der Waals surface area (Å²) in [6.07, 6.45) is 0. The molecule has 3 N–H and O–H groups in total. The zero-order valence-electron chi connectivity index (χ0n) is 13.5. The van der Waals surface area contributed by atoms with E-state index < -0.39 is 0 Å². The Bertz CT molecular complexity index is 794. The minimum atomic E-state index is -0.150. The molecule has 0 fully saturated rings. The molecule has 0 radical (unpaired) electrons. The van der Waals surface area contributed by atoms with Gasteiger partial charge in [0.05, 0.1) is 11.4 Å². The van der Waals surface area contributed by atoms with Crippen LogP contribution in [0.1, 0.15) is 12.5 Å². The number of H-pyrrole nitrogens is 1. The number of aromatic nitrogens is 2. The van der Waals surface area contributed by atoms with E-state index in [1.807, 2.05) is 67.6 Å². The highest BCUT2D eigenvalue weighted by Crippen LogP contribution is 2.23. The Kier molecular flexibility index (Phi) is 4.91. The number of amides is 2. The molecule has 3 rings (SSSR count). The molecule has 5 nitrogen and oxygen atoms in total. The largest absolute Gasteiger partial charge is 0.338 e. The number of hydrogen-bond acceptors (Lipinski definition) is 2. The smallest absolute Gasteiger partial charge is 0.315 e. The van der Waals surface area contributed by atoms with Crippen LogP contribution in [-0.4, -0.2) is 22.8 Å². The first-order chi connectivity index (χ1) is 11.8. The Morgan fingerprint density at radius 1 is 1.00 bits per heavy atom. The second-order valence-electron chi connectivity index (χ2n) is 5.44. The van der Waals surface area contributed by atoms with Crippen LogP contribution in [-0.2, 0) is 6.54 Å². The summed E-state index contributed by atoms with van der Waals surface area (Å²) in [5, 5.41) is 13.0. The van der Waals surface area contributed by atoms with Crippen molar-refractivity contribution in [3.05, 3.63) is 66.2 Å². The van der Waals surface area contributed by atoms with E-state index in [-0.39, 0.29) is 6.03 Å². The zero-order valence-corrected chi connectivity index (χ0v) is 13.5. The van der Waals surface area contributed by atoms with Crippen LogP contribution in [0.4, 0.5) is 4.79 Å². The Hall–Kier alpha value is -3.08. The first-order valence-corrected chi connectivity index (χ1v) is 7.98. The van der Waals surface area contributed by atoms with E-state index in [0.29, 0.717) is 13.1 Å². The molecule has 3 aromatic rings. The van der Waals surface area contributed by atoms with Crippen molar-refractivity contribution in [3.63, 3.8) is 0 Å². The van der Waals surface area contributed by atoms with Crippen LogP contribution in [0, 0.1) is 0 Å². The lowest BCUT2D eigenvalue weighted by Gasteiger charge is -2.06. The molecule has 5 heteroatoms. The van der Waals surface area contributed by atoms with E-state index in [1.165, 1.54) is 0 Å². The van der Waals surface area contributed by atoms with Gasteiger partial charge in [0.2, 0.25) is 0 Å². The summed E-state index contributed by atoms with van der Waals surface area (Å²) < 4.78 is 0. The van der Waals surface area contributed by atoms with E-state index in [1.54, 1.807) is 0 Å². The first-order valence-electron chi connectivity index (χ1n) is 7.98. The number of nitrogens with one attached hydrogen (secondary N) is 3. The van der Waals surface area contributed by atoms with Crippen LogP contribution < -0.4 is 10.6 Å². The zero-order chi connectivity index (χ0) is 16.8. The molecule has 0 saturated carbocycles. The van der Waals surface area contributed by atoms with E-state index in [4.69, 9.17) is 0 Å². The average Bonchev–Trinajstić information content (AvgIpc) is 3.12. The van der Waals surface area contributed by atoms with Gasteiger partial charge in [-0.05, 0) is 24.1 Å². The third-order valence-corrected chi connectivity index (χ3v) is 3.70. The number of aromatic amines is 1. The molecular formula is C19H20N4O. The third-order valence-electron chi connectivity index (χ3n) is 3.70. The van der Waals surface area contributed by atoms with Crippen LogP contribution in [0.15, 0.2) is 60.7 Å². The molecule has 24 heavy (non-hydrogen) atoms. The molecule has 0 aliphatic heterocycles. The van der Waals surface area contributed by atoms with Crippen LogP contribution in [0.2, 0.25) is 0 Å². The highest BCUT2D eigenvalue weighted by Gasteiger charge is 2.06. The number of rotatable bonds is 5. The molecule has 1 aromatic heterocycles. The number of carbonyl (C=O) groups excluding carboxylic acids is 1. The molecule has 0 spiro atoms. The van der Waals surface area contributed by atoms with Crippen molar-refractivity contribution in [2.45, 2.75) is 13.5 Å². The lowest BCUT2D eigenvalue weighted by molar-refractivity contribution is 0.241. The maximum Gasteiger partial charge on any atom is 0.315 e. The molecule has 0 aliphatic carbocycles. The fourth-order valence-electron chi connectivity index (χ4n) is 2.43. The maximum absolute atomic E-state index is 11.4. The van der Waals surface area contributed by atoms with Gasteiger partial charge >= 0.3 is 6.03 Å². The molecule has 0 bridgehead atoms. The van der Waals surface area contributed by atoms with Gasteiger partial charge in [0, 0.05) is 18.7 Å². The van der Waals surface area contributed by atoms with Gasteiger partial charge in [-0.2, -0.15) is 5.10 Å². The van der Waals surface area contributed by atoms with Crippen molar-refractivity contribution in [2.24, 2.45) is 0 Å². The summed E-state index contributed by atoms with van der Waals surface area (Å²) in [4.78, 5) is 11.4. The number of nitrogens with zero attached hydrogens (tertiary/aromatic N) is 1. The number of benzene rings is 2. The normalized spacial score (nSPS) is 10.4. The number of hydrogen-bond donors (Lipinski definition) is 3. The minimum Gasteiger partial charge on any atom is -0.338 e. The van der Waals surface area contributed by atoms with Crippen molar-refractivity contribution in [3.8, 4) is 22.5 Å². The van der Waals surface area contributed by atoms with Crippen molar-refractivity contribution < 1.29 is 4.79 Å². The third kappa shape index (κ3) is 3.81. The number of urea groups is 1. The summed E-state index contributed by atoms with van der Waals surface area (Å²) in [5.41, 5.74) is 5.09.